The Morgan fingerprint density at radius 3 is 2.45 bits per heavy atom. The van der Waals surface area contributed by atoms with Crippen molar-refractivity contribution >= 4 is 33.9 Å². The summed E-state index contributed by atoms with van der Waals surface area (Å²) in [6, 6.07) is 9.89. The lowest BCUT2D eigenvalue weighted by Gasteiger charge is -2.16. The molecule has 3 rings (SSSR count). The number of alkyl halides is 3. The highest BCUT2D eigenvalue weighted by Gasteiger charge is 2.31. The second-order valence-corrected chi connectivity index (χ2v) is 7.24. The first kappa shape index (κ1) is 21.0. The number of nitrogens with zero attached hydrogens (tertiary/aromatic N) is 4. The van der Waals surface area contributed by atoms with Crippen LogP contribution in [0.3, 0.4) is 0 Å². The van der Waals surface area contributed by atoms with Crippen LogP contribution >= 0.6 is 22.6 Å². The lowest BCUT2D eigenvalue weighted by molar-refractivity contribution is -0.137. The van der Waals surface area contributed by atoms with E-state index in [1.807, 2.05) is 22.6 Å². The maximum atomic E-state index is 13.1. The summed E-state index contributed by atoms with van der Waals surface area (Å²) in [5.74, 6) is 5.63. The van der Waals surface area contributed by atoms with E-state index in [-0.39, 0.29) is 11.3 Å². The lowest BCUT2D eigenvalue weighted by Crippen LogP contribution is -2.23. The molecule has 0 bridgehead atoms. The smallest absolute Gasteiger partial charge is 0.410 e. The summed E-state index contributed by atoms with van der Waals surface area (Å²) in [5.41, 5.74) is 0.0911. The van der Waals surface area contributed by atoms with Gasteiger partial charge in [-0.1, -0.05) is 18.2 Å². The first-order valence-electron chi connectivity index (χ1n) is 8.18. The SMILES string of the molecule is C/C(=C(\ON)c1c(I)cccc1-n1nnn(C)c1=O)c1cccc(C(F)(F)F)c1. The molecular formula is C18H15F3IN5O2. The van der Waals surface area contributed by atoms with Crippen molar-refractivity contribution in [3.05, 3.63) is 73.2 Å². The van der Waals surface area contributed by atoms with Gasteiger partial charge in [0.1, 0.15) is 0 Å². The summed E-state index contributed by atoms with van der Waals surface area (Å²) in [7, 11) is 1.45. The minimum absolute atomic E-state index is 0.113. The minimum atomic E-state index is -4.49. The van der Waals surface area contributed by atoms with Crippen molar-refractivity contribution in [2.24, 2.45) is 12.9 Å². The van der Waals surface area contributed by atoms with Crippen molar-refractivity contribution in [1.29, 1.82) is 0 Å². The Morgan fingerprint density at radius 1 is 1.17 bits per heavy atom. The molecule has 1 heterocycles. The maximum absolute atomic E-state index is 13.1. The monoisotopic (exact) mass is 517 g/mol. The van der Waals surface area contributed by atoms with Crippen molar-refractivity contribution in [3.63, 3.8) is 0 Å². The molecule has 0 amide bonds. The standard InChI is InChI=1S/C18H15F3IN5O2/c1-10(11-5-3-6-12(9-11)18(19,20)21)16(29-23)15-13(22)7-4-8-14(15)27-17(28)26(2)24-25-27/h3-9H,23H2,1-2H3/b16-10+. The third kappa shape index (κ3) is 4.05. The molecule has 1 aromatic heterocycles. The number of halogens is 4. The maximum Gasteiger partial charge on any atom is 0.416 e. The lowest BCUT2D eigenvalue weighted by atomic mass is 9.99. The molecule has 2 N–H and O–H groups in total. The Bertz CT molecular complexity index is 1150. The van der Waals surface area contributed by atoms with Gasteiger partial charge in [-0.05, 0) is 69.8 Å². The van der Waals surface area contributed by atoms with E-state index < -0.39 is 17.4 Å². The topological polar surface area (TPSA) is 88.0 Å². The highest BCUT2D eigenvalue weighted by atomic mass is 127. The summed E-state index contributed by atoms with van der Waals surface area (Å²) < 4.78 is 42.1. The van der Waals surface area contributed by atoms with Crippen molar-refractivity contribution in [2.75, 3.05) is 0 Å². The Kier molecular flexibility index (Phi) is 5.80. The summed E-state index contributed by atoms with van der Waals surface area (Å²) in [6.07, 6.45) is -4.49. The molecule has 0 saturated carbocycles. The predicted octanol–water partition coefficient (Wildman–Crippen LogP) is 3.37. The molecule has 29 heavy (non-hydrogen) atoms. The summed E-state index contributed by atoms with van der Waals surface area (Å²) in [4.78, 5) is 17.4. The highest BCUT2D eigenvalue weighted by Crippen LogP contribution is 2.35. The number of hydrogen-bond acceptors (Lipinski definition) is 5. The van der Waals surface area contributed by atoms with Crippen molar-refractivity contribution in [2.45, 2.75) is 13.1 Å². The molecule has 0 fully saturated rings. The van der Waals surface area contributed by atoms with Crippen LogP contribution in [0.25, 0.3) is 17.0 Å². The van der Waals surface area contributed by atoms with Crippen LogP contribution in [0.5, 0.6) is 0 Å². The van der Waals surface area contributed by atoms with E-state index >= 15 is 0 Å². The average Bonchev–Trinajstić information content (AvgIpc) is 3.01. The zero-order valence-electron chi connectivity index (χ0n) is 15.2. The third-order valence-electron chi connectivity index (χ3n) is 4.25. The zero-order chi connectivity index (χ0) is 21.3. The Morgan fingerprint density at radius 2 is 1.86 bits per heavy atom. The fraction of sp³-hybridized carbons (Fsp3) is 0.167. The number of aromatic nitrogens is 4. The third-order valence-corrected chi connectivity index (χ3v) is 5.15. The normalized spacial score (nSPS) is 12.7. The first-order chi connectivity index (χ1) is 13.6. The fourth-order valence-corrected chi connectivity index (χ4v) is 3.50. The average molecular weight is 517 g/mol. The van der Waals surface area contributed by atoms with Gasteiger partial charge in [-0.3, -0.25) is 0 Å². The molecule has 7 nitrogen and oxygen atoms in total. The Hall–Kier alpha value is -2.67. The molecule has 152 valence electrons. The summed E-state index contributed by atoms with van der Waals surface area (Å²) >= 11 is 2.02. The number of benzene rings is 2. The highest BCUT2D eigenvalue weighted by molar-refractivity contribution is 14.1. The van der Waals surface area contributed by atoms with Crippen LogP contribution in [0.4, 0.5) is 13.2 Å². The molecule has 11 heteroatoms. The largest absolute Gasteiger partial charge is 0.416 e. The number of hydrogen-bond donors (Lipinski definition) is 1. The van der Waals surface area contributed by atoms with E-state index in [0.29, 0.717) is 20.4 Å². The van der Waals surface area contributed by atoms with Crippen molar-refractivity contribution in [3.8, 4) is 5.69 Å². The number of tetrazole rings is 1. The molecular weight excluding hydrogens is 502 g/mol. The van der Waals surface area contributed by atoms with Crippen LogP contribution in [0.15, 0.2) is 47.3 Å². The molecule has 0 aliphatic carbocycles. The number of aryl methyl sites for hydroxylation is 1. The molecule has 3 aromatic rings. The van der Waals surface area contributed by atoms with Crippen LogP contribution in [0.1, 0.15) is 23.6 Å². The van der Waals surface area contributed by atoms with E-state index in [9.17, 15) is 18.0 Å². The van der Waals surface area contributed by atoms with Gasteiger partial charge in [0.05, 0.1) is 16.8 Å². The molecule has 0 atom stereocenters. The van der Waals surface area contributed by atoms with Gasteiger partial charge in [0, 0.05) is 16.2 Å². The second kappa shape index (κ2) is 7.99. The van der Waals surface area contributed by atoms with Crippen LogP contribution in [0.2, 0.25) is 0 Å². The van der Waals surface area contributed by atoms with E-state index in [1.54, 1.807) is 25.1 Å². The van der Waals surface area contributed by atoms with Gasteiger partial charge < -0.3 is 4.84 Å². The summed E-state index contributed by atoms with van der Waals surface area (Å²) in [6.45, 7) is 1.59. The zero-order valence-corrected chi connectivity index (χ0v) is 17.4. The fourth-order valence-electron chi connectivity index (χ4n) is 2.77. The van der Waals surface area contributed by atoms with Gasteiger partial charge in [-0.15, -0.1) is 0 Å². The van der Waals surface area contributed by atoms with Crippen molar-refractivity contribution in [1.82, 2.24) is 19.8 Å². The van der Waals surface area contributed by atoms with Gasteiger partial charge in [-0.25, -0.2) is 4.79 Å². The minimum Gasteiger partial charge on any atom is -0.410 e. The Balaban J connectivity index is 2.26. The van der Waals surface area contributed by atoms with Gasteiger partial charge in [0.15, 0.2) is 5.76 Å². The van der Waals surface area contributed by atoms with E-state index in [2.05, 4.69) is 10.4 Å². The second-order valence-electron chi connectivity index (χ2n) is 6.08. The quantitative estimate of drug-likeness (QED) is 0.248. The summed E-state index contributed by atoms with van der Waals surface area (Å²) in [5, 5.41) is 7.52. The van der Waals surface area contributed by atoms with E-state index in [4.69, 9.17) is 10.7 Å². The number of rotatable bonds is 4. The molecule has 0 radical (unpaired) electrons. The molecule has 0 unspecified atom stereocenters. The van der Waals surface area contributed by atoms with Crippen LogP contribution < -0.4 is 11.6 Å². The van der Waals surface area contributed by atoms with E-state index in [0.717, 1.165) is 21.5 Å². The van der Waals surface area contributed by atoms with Gasteiger partial charge in [-0.2, -0.15) is 28.4 Å². The van der Waals surface area contributed by atoms with Crippen LogP contribution in [-0.2, 0) is 18.1 Å². The number of nitrogens with two attached hydrogens (primary N) is 1. The molecule has 0 saturated heterocycles. The number of allylic oxidation sites excluding steroid dienone is 1. The molecule has 0 aliphatic rings. The van der Waals surface area contributed by atoms with Gasteiger partial charge >= 0.3 is 11.9 Å². The van der Waals surface area contributed by atoms with Gasteiger partial charge in [0.2, 0.25) is 0 Å². The predicted molar refractivity (Wildman–Crippen MR) is 109 cm³/mol. The molecule has 0 aliphatic heterocycles. The Labute approximate surface area is 176 Å². The van der Waals surface area contributed by atoms with Gasteiger partial charge in [0.25, 0.3) is 0 Å². The molecule has 0 spiro atoms. The van der Waals surface area contributed by atoms with E-state index in [1.165, 1.54) is 19.2 Å². The molecule has 2 aromatic carbocycles. The van der Waals surface area contributed by atoms with Crippen molar-refractivity contribution < 1.29 is 18.0 Å². The van der Waals surface area contributed by atoms with Crippen LogP contribution in [0, 0.1) is 3.57 Å². The van der Waals surface area contributed by atoms with Crippen LogP contribution in [-0.4, -0.2) is 19.8 Å². The first-order valence-corrected chi connectivity index (χ1v) is 9.26.